The summed E-state index contributed by atoms with van der Waals surface area (Å²) >= 11 is 0. The molecule has 1 aliphatic rings. The van der Waals surface area contributed by atoms with Crippen molar-refractivity contribution in [2.45, 2.75) is 72.6 Å². The zero-order chi connectivity index (χ0) is 20.4. The van der Waals surface area contributed by atoms with Crippen LogP contribution in [0.4, 0.5) is 5.69 Å². The van der Waals surface area contributed by atoms with Gasteiger partial charge in [-0.05, 0) is 60.9 Å². The van der Waals surface area contributed by atoms with Crippen molar-refractivity contribution in [1.29, 1.82) is 0 Å². The Balaban J connectivity index is 1.99. The third-order valence-corrected chi connectivity index (χ3v) is 6.07. The molecular formula is C25H33NO2. The second kappa shape index (κ2) is 8.38. The number of rotatable bonds is 6. The summed E-state index contributed by atoms with van der Waals surface area (Å²) in [5.74, 6) is 1.84. The smallest absolute Gasteiger partial charge is 0.224 e. The van der Waals surface area contributed by atoms with E-state index in [0.29, 0.717) is 18.9 Å². The molecule has 1 amide bonds. The van der Waals surface area contributed by atoms with E-state index in [4.69, 9.17) is 4.74 Å². The lowest BCUT2D eigenvalue weighted by molar-refractivity contribution is -0.116. The van der Waals surface area contributed by atoms with Gasteiger partial charge in [0.25, 0.3) is 0 Å². The summed E-state index contributed by atoms with van der Waals surface area (Å²) in [6.07, 6.45) is 2.51. The van der Waals surface area contributed by atoms with Crippen molar-refractivity contribution in [3.05, 3.63) is 57.6 Å². The fraction of sp³-hybridized carbons (Fsp3) is 0.480. The first-order chi connectivity index (χ1) is 13.3. The molecule has 0 radical (unpaired) electrons. The highest BCUT2D eigenvalue weighted by atomic mass is 16.5. The van der Waals surface area contributed by atoms with Crippen molar-refractivity contribution < 1.29 is 9.53 Å². The van der Waals surface area contributed by atoms with Crippen LogP contribution in [-0.4, -0.2) is 12.5 Å². The Hall–Kier alpha value is -2.29. The number of carbonyl (C=O) groups is 1. The number of ether oxygens (including phenoxy) is 1. The molecule has 28 heavy (non-hydrogen) atoms. The van der Waals surface area contributed by atoms with Crippen LogP contribution in [0.15, 0.2) is 24.3 Å². The van der Waals surface area contributed by atoms with Gasteiger partial charge >= 0.3 is 0 Å². The van der Waals surface area contributed by atoms with Gasteiger partial charge in [-0.3, -0.25) is 4.79 Å². The van der Waals surface area contributed by atoms with Crippen LogP contribution in [0.2, 0.25) is 0 Å². The standard InChI is InChI=1S/C25H33NO2/c1-7-8-9-22(27)26-24-16(4)17(5)25-23(18(24)6)21(14-28-25)20-12-10-19(11-13-20)15(2)3/h10-13,15,21H,7-9,14H2,1-6H3,(H,26,27). The molecule has 1 unspecified atom stereocenters. The number of hydrogen-bond acceptors (Lipinski definition) is 2. The highest BCUT2D eigenvalue weighted by Gasteiger charge is 2.32. The van der Waals surface area contributed by atoms with E-state index in [0.717, 1.165) is 41.0 Å². The van der Waals surface area contributed by atoms with Gasteiger partial charge in [-0.25, -0.2) is 0 Å². The van der Waals surface area contributed by atoms with E-state index in [1.54, 1.807) is 0 Å². The molecular weight excluding hydrogens is 346 g/mol. The quantitative estimate of drug-likeness (QED) is 0.631. The van der Waals surface area contributed by atoms with E-state index >= 15 is 0 Å². The van der Waals surface area contributed by atoms with Crippen molar-refractivity contribution in [2.24, 2.45) is 0 Å². The molecule has 0 saturated carbocycles. The minimum Gasteiger partial charge on any atom is -0.492 e. The number of hydrogen-bond donors (Lipinski definition) is 1. The fourth-order valence-electron chi connectivity index (χ4n) is 4.10. The van der Waals surface area contributed by atoms with Crippen LogP contribution >= 0.6 is 0 Å². The Morgan fingerprint density at radius 2 is 1.79 bits per heavy atom. The molecule has 2 aromatic carbocycles. The van der Waals surface area contributed by atoms with Gasteiger partial charge in [-0.15, -0.1) is 0 Å². The summed E-state index contributed by atoms with van der Waals surface area (Å²) in [6, 6.07) is 8.91. The van der Waals surface area contributed by atoms with Crippen LogP contribution in [0.25, 0.3) is 0 Å². The topological polar surface area (TPSA) is 38.3 Å². The molecule has 3 nitrogen and oxygen atoms in total. The summed E-state index contributed by atoms with van der Waals surface area (Å²) in [6.45, 7) is 13.5. The Bertz CT molecular complexity index is 865. The lowest BCUT2D eigenvalue weighted by Crippen LogP contribution is -2.15. The van der Waals surface area contributed by atoms with Crippen molar-refractivity contribution in [3.63, 3.8) is 0 Å². The van der Waals surface area contributed by atoms with Crippen LogP contribution in [0.1, 0.15) is 85.3 Å². The zero-order valence-electron chi connectivity index (χ0n) is 18.1. The molecule has 0 bridgehead atoms. The maximum Gasteiger partial charge on any atom is 0.224 e. The first-order valence-electron chi connectivity index (χ1n) is 10.5. The van der Waals surface area contributed by atoms with Crippen LogP contribution in [-0.2, 0) is 4.79 Å². The van der Waals surface area contributed by atoms with Gasteiger partial charge in [0.1, 0.15) is 5.75 Å². The summed E-state index contributed by atoms with van der Waals surface area (Å²) in [4.78, 5) is 12.4. The predicted molar refractivity (Wildman–Crippen MR) is 117 cm³/mol. The van der Waals surface area contributed by atoms with E-state index in [9.17, 15) is 4.79 Å². The molecule has 0 aromatic heterocycles. The Labute approximate surface area is 169 Å². The van der Waals surface area contributed by atoms with Crippen molar-refractivity contribution >= 4 is 11.6 Å². The molecule has 0 saturated heterocycles. The van der Waals surface area contributed by atoms with E-state index in [-0.39, 0.29) is 11.8 Å². The lowest BCUT2D eigenvalue weighted by Gasteiger charge is -2.20. The molecule has 150 valence electrons. The molecule has 1 N–H and O–H groups in total. The van der Waals surface area contributed by atoms with Crippen molar-refractivity contribution in [1.82, 2.24) is 0 Å². The highest BCUT2D eigenvalue weighted by molar-refractivity contribution is 5.93. The van der Waals surface area contributed by atoms with E-state index < -0.39 is 0 Å². The van der Waals surface area contributed by atoms with Crippen LogP contribution < -0.4 is 10.1 Å². The first-order valence-corrected chi connectivity index (χ1v) is 10.5. The molecule has 3 heteroatoms. The average Bonchev–Trinajstić information content (AvgIpc) is 3.13. The van der Waals surface area contributed by atoms with Gasteiger partial charge in [0.2, 0.25) is 5.91 Å². The Morgan fingerprint density at radius 1 is 1.11 bits per heavy atom. The van der Waals surface area contributed by atoms with Gasteiger partial charge in [-0.1, -0.05) is 51.5 Å². The number of fused-ring (bicyclic) bond motifs is 1. The average molecular weight is 380 g/mol. The third kappa shape index (κ3) is 3.80. The second-order valence-corrected chi connectivity index (χ2v) is 8.33. The van der Waals surface area contributed by atoms with Crippen molar-refractivity contribution in [2.75, 3.05) is 11.9 Å². The predicted octanol–water partition coefficient (Wildman–Crippen LogP) is 6.39. The van der Waals surface area contributed by atoms with Gasteiger partial charge in [0, 0.05) is 23.6 Å². The van der Waals surface area contributed by atoms with Crippen LogP contribution in [0, 0.1) is 20.8 Å². The van der Waals surface area contributed by atoms with E-state index in [2.05, 4.69) is 71.1 Å². The molecule has 1 atom stereocenters. The minimum atomic E-state index is 0.101. The lowest BCUT2D eigenvalue weighted by atomic mass is 9.85. The second-order valence-electron chi connectivity index (χ2n) is 8.33. The molecule has 1 heterocycles. The molecule has 3 rings (SSSR count). The monoisotopic (exact) mass is 379 g/mol. The number of anilines is 1. The van der Waals surface area contributed by atoms with E-state index in [1.807, 2.05) is 0 Å². The molecule has 0 fully saturated rings. The highest BCUT2D eigenvalue weighted by Crippen LogP contribution is 2.46. The number of nitrogens with one attached hydrogen (secondary N) is 1. The molecule has 1 aliphatic heterocycles. The summed E-state index contributed by atoms with van der Waals surface area (Å²) in [5.41, 5.74) is 8.20. The van der Waals surface area contributed by atoms with E-state index in [1.165, 1.54) is 16.7 Å². The summed E-state index contributed by atoms with van der Waals surface area (Å²) in [5, 5.41) is 3.19. The normalized spacial score (nSPS) is 15.5. The van der Waals surface area contributed by atoms with Gasteiger partial charge < -0.3 is 10.1 Å². The molecule has 0 spiro atoms. The number of carbonyl (C=O) groups excluding carboxylic acids is 1. The zero-order valence-corrected chi connectivity index (χ0v) is 18.1. The van der Waals surface area contributed by atoms with Gasteiger partial charge in [0.15, 0.2) is 0 Å². The first kappa shape index (κ1) is 20.4. The SMILES string of the molecule is CCCCC(=O)Nc1c(C)c(C)c2c(c1C)C(c1ccc(C(C)C)cc1)CO2. The summed E-state index contributed by atoms with van der Waals surface area (Å²) in [7, 11) is 0. The third-order valence-electron chi connectivity index (χ3n) is 6.07. The maximum atomic E-state index is 12.4. The fourth-order valence-corrected chi connectivity index (χ4v) is 4.10. The largest absolute Gasteiger partial charge is 0.492 e. The van der Waals surface area contributed by atoms with Crippen LogP contribution in [0.5, 0.6) is 5.75 Å². The van der Waals surface area contributed by atoms with Crippen LogP contribution in [0.3, 0.4) is 0 Å². The molecule has 2 aromatic rings. The molecule has 0 aliphatic carbocycles. The number of benzene rings is 2. The number of amides is 1. The minimum absolute atomic E-state index is 0.101. The number of unbranched alkanes of at least 4 members (excludes halogenated alkanes) is 1. The summed E-state index contributed by atoms with van der Waals surface area (Å²) < 4.78 is 6.15. The Kier molecular flexibility index (Phi) is 6.12. The van der Waals surface area contributed by atoms with Crippen molar-refractivity contribution in [3.8, 4) is 5.75 Å². The van der Waals surface area contributed by atoms with Gasteiger partial charge in [0.05, 0.1) is 6.61 Å². The Morgan fingerprint density at radius 3 is 2.39 bits per heavy atom. The van der Waals surface area contributed by atoms with Gasteiger partial charge in [-0.2, -0.15) is 0 Å². The maximum absolute atomic E-state index is 12.4.